The average molecular weight is 424 g/mol. The Bertz CT molecular complexity index is 1120. The van der Waals surface area contributed by atoms with Crippen molar-refractivity contribution in [3.8, 4) is 0 Å². The lowest BCUT2D eigenvalue weighted by Crippen LogP contribution is -2.10. The van der Waals surface area contributed by atoms with Crippen molar-refractivity contribution in [2.75, 3.05) is 0 Å². The number of carbonyl (C=O) groups excluding carboxylic acids is 1. The predicted molar refractivity (Wildman–Crippen MR) is 94.4 cm³/mol. The van der Waals surface area contributed by atoms with Crippen LogP contribution in [0.25, 0.3) is 20.9 Å². The van der Waals surface area contributed by atoms with Gasteiger partial charge in [0.2, 0.25) is 0 Å². The van der Waals surface area contributed by atoms with E-state index in [1.54, 1.807) is 0 Å². The number of hydrogen-bond acceptors (Lipinski definition) is 9. The summed E-state index contributed by atoms with van der Waals surface area (Å²) in [4.78, 5) is 17.2. The smallest absolute Gasteiger partial charge is 0.289 e. The van der Waals surface area contributed by atoms with Gasteiger partial charge in [-0.2, -0.15) is 8.42 Å². The number of azide groups is 2. The maximum absolute atomic E-state index is 12.9. The number of benzene rings is 2. The highest BCUT2D eigenvalue weighted by Crippen LogP contribution is 2.32. The van der Waals surface area contributed by atoms with Crippen LogP contribution in [0.3, 0.4) is 0 Å². The molecule has 2 rings (SSSR count). The number of hydrogen-bond donors (Lipinski definition) is 2. The Morgan fingerprint density at radius 2 is 1.61 bits per heavy atom. The molecule has 0 spiro atoms. The molecule has 0 aliphatic heterocycles. The molecule has 0 amide bonds. The zero-order valence-electron chi connectivity index (χ0n) is 13.4. The SMILES string of the molecule is [N-]=[N+]=Nc1ccc(C(=O)c2ccc(N=[N+]=[N-])cc2S(=O)(=O)O)c(SOOO)c1. The standard InChI is InChI=1S/C13H8N6O7S2/c14-18-16-7-1-3-9(11(5-7)27-26-25-21)13(20)10-4-2-8(17-19-15)6-12(10)28(22,23)24/h1-6,21H,(H,22,23,24). The molecule has 15 heteroatoms. The monoisotopic (exact) mass is 424 g/mol. The number of nitrogens with zero attached hydrogens (tertiary/aromatic N) is 6. The summed E-state index contributed by atoms with van der Waals surface area (Å²) >= 11 is 0.380. The van der Waals surface area contributed by atoms with Crippen molar-refractivity contribution in [2.45, 2.75) is 9.79 Å². The second-order valence-corrected chi connectivity index (χ2v) is 6.90. The molecule has 144 valence electrons. The normalized spacial score (nSPS) is 10.6. The Morgan fingerprint density at radius 3 is 2.14 bits per heavy atom. The number of carbonyl (C=O) groups is 1. The van der Waals surface area contributed by atoms with E-state index < -0.39 is 26.4 Å². The number of ketones is 1. The summed E-state index contributed by atoms with van der Waals surface area (Å²) in [6.45, 7) is 0. The summed E-state index contributed by atoms with van der Waals surface area (Å²) in [5.41, 5.74) is 16.4. The van der Waals surface area contributed by atoms with E-state index in [2.05, 4.69) is 29.4 Å². The third kappa shape index (κ3) is 4.98. The molecular weight excluding hydrogens is 416 g/mol. The molecule has 13 nitrogen and oxygen atoms in total. The van der Waals surface area contributed by atoms with Crippen LogP contribution in [0.5, 0.6) is 0 Å². The molecule has 0 aromatic heterocycles. The van der Waals surface area contributed by atoms with Gasteiger partial charge in [0.05, 0.1) is 16.9 Å². The first-order valence-corrected chi connectivity index (χ1v) is 9.05. The van der Waals surface area contributed by atoms with Crippen molar-refractivity contribution < 1.29 is 32.4 Å². The predicted octanol–water partition coefficient (Wildman–Crippen LogP) is 4.48. The third-order valence-electron chi connectivity index (χ3n) is 3.17. The van der Waals surface area contributed by atoms with Crippen molar-refractivity contribution in [1.82, 2.24) is 0 Å². The summed E-state index contributed by atoms with van der Waals surface area (Å²) in [5.74, 6) is -0.864. The van der Waals surface area contributed by atoms with E-state index in [-0.39, 0.29) is 21.8 Å². The van der Waals surface area contributed by atoms with Crippen LogP contribution in [-0.2, 0) is 19.5 Å². The van der Waals surface area contributed by atoms with E-state index in [9.17, 15) is 17.8 Å². The van der Waals surface area contributed by atoms with E-state index >= 15 is 0 Å². The van der Waals surface area contributed by atoms with Crippen LogP contribution in [0.15, 0.2) is 56.4 Å². The first-order valence-electron chi connectivity index (χ1n) is 6.87. The third-order valence-corrected chi connectivity index (χ3v) is 4.71. The number of rotatable bonds is 8. The molecule has 0 saturated carbocycles. The van der Waals surface area contributed by atoms with Crippen LogP contribution in [0.1, 0.15) is 15.9 Å². The Kier molecular flexibility index (Phi) is 6.94. The fourth-order valence-corrected chi connectivity index (χ4v) is 3.34. The van der Waals surface area contributed by atoms with Gasteiger partial charge in [-0.15, -0.1) is 4.33 Å². The Labute approximate surface area is 160 Å². The van der Waals surface area contributed by atoms with E-state index in [0.717, 1.165) is 12.1 Å². The minimum atomic E-state index is -4.85. The van der Waals surface area contributed by atoms with Gasteiger partial charge < -0.3 is 0 Å². The van der Waals surface area contributed by atoms with Gasteiger partial charge in [0.25, 0.3) is 10.1 Å². The van der Waals surface area contributed by atoms with Gasteiger partial charge in [-0.05, 0) is 35.3 Å². The minimum Gasteiger partial charge on any atom is -0.289 e. The van der Waals surface area contributed by atoms with Gasteiger partial charge >= 0.3 is 0 Å². The zero-order chi connectivity index (χ0) is 20.7. The van der Waals surface area contributed by atoms with Gasteiger partial charge in [-0.25, -0.2) is 5.26 Å². The first kappa shape index (κ1) is 21.2. The highest BCUT2D eigenvalue weighted by atomic mass is 32.2. The quantitative estimate of drug-likeness (QED) is 0.0899. The highest BCUT2D eigenvalue weighted by Gasteiger charge is 2.24. The Hall–Kier alpha value is -3.13. The van der Waals surface area contributed by atoms with E-state index in [1.807, 2.05) is 0 Å². The lowest BCUT2D eigenvalue weighted by atomic mass is 10.0. The topological polar surface area (TPSA) is 208 Å². The van der Waals surface area contributed by atoms with E-state index in [1.165, 1.54) is 24.3 Å². The van der Waals surface area contributed by atoms with Crippen molar-refractivity contribution in [2.24, 2.45) is 10.2 Å². The lowest BCUT2D eigenvalue weighted by Gasteiger charge is -2.10. The minimum absolute atomic E-state index is 0.00404. The summed E-state index contributed by atoms with van der Waals surface area (Å²) in [5, 5.41) is 18.4. The first-order chi connectivity index (χ1) is 13.3. The second kappa shape index (κ2) is 9.18. The molecule has 0 radical (unpaired) electrons. The lowest BCUT2D eigenvalue weighted by molar-refractivity contribution is -0.432. The van der Waals surface area contributed by atoms with Crippen LogP contribution in [-0.4, -0.2) is 24.0 Å². The zero-order valence-corrected chi connectivity index (χ0v) is 15.0. The maximum atomic E-state index is 12.9. The molecule has 0 unspecified atom stereocenters. The maximum Gasteiger partial charge on any atom is 0.295 e. The van der Waals surface area contributed by atoms with Crippen molar-refractivity contribution >= 4 is 39.3 Å². The van der Waals surface area contributed by atoms with Crippen molar-refractivity contribution in [3.63, 3.8) is 0 Å². The van der Waals surface area contributed by atoms with Crippen LogP contribution >= 0.6 is 12.0 Å². The van der Waals surface area contributed by atoms with Crippen molar-refractivity contribution in [1.29, 1.82) is 0 Å². The summed E-state index contributed by atoms with van der Waals surface area (Å²) in [7, 11) is -4.85. The molecule has 0 heterocycles. The van der Waals surface area contributed by atoms with Crippen LogP contribution in [0.2, 0.25) is 0 Å². The van der Waals surface area contributed by atoms with Gasteiger partial charge in [0, 0.05) is 32.3 Å². The fourth-order valence-electron chi connectivity index (χ4n) is 2.10. The van der Waals surface area contributed by atoms with Gasteiger partial charge in [-0.1, -0.05) is 27.4 Å². The van der Waals surface area contributed by atoms with Crippen LogP contribution < -0.4 is 0 Å². The summed E-state index contributed by atoms with van der Waals surface area (Å²) < 4.78 is 37.1. The van der Waals surface area contributed by atoms with E-state index in [4.69, 9.17) is 16.3 Å². The van der Waals surface area contributed by atoms with Crippen LogP contribution in [0, 0.1) is 0 Å². The Balaban J connectivity index is 2.65. The second-order valence-electron chi connectivity index (χ2n) is 4.77. The average Bonchev–Trinajstić information content (AvgIpc) is 2.66. The molecule has 0 atom stereocenters. The summed E-state index contributed by atoms with van der Waals surface area (Å²) in [6.07, 6.45) is 0. The van der Waals surface area contributed by atoms with Crippen molar-refractivity contribution in [3.05, 3.63) is 68.4 Å². The molecule has 0 fully saturated rings. The molecule has 2 aromatic carbocycles. The van der Waals surface area contributed by atoms with Gasteiger partial charge in [-0.3, -0.25) is 9.35 Å². The molecule has 0 bridgehead atoms. The molecule has 2 N–H and O–H groups in total. The molecule has 0 aliphatic rings. The molecule has 28 heavy (non-hydrogen) atoms. The molecule has 2 aromatic rings. The Morgan fingerprint density at radius 1 is 1.04 bits per heavy atom. The van der Waals surface area contributed by atoms with Crippen LogP contribution in [0.4, 0.5) is 11.4 Å². The fraction of sp³-hybridized carbons (Fsp3) is 0. The molecule has 0 aliphatic carbocycles. The van der Waals surface area contributed by atoms with Gasteiger partial charge in [0.15, 0.2) is 5.78 Å². The van der Waals surface area contributed by atoms with Gasteiger partial charge in [0.1, 0.15) is 4.90 Å². The summed E-state index contributed by atoms with van der Waals surface area (Å²) in [6, 6.07) is 6.77. The highest BCUT2D eigenvalue weighted by molar-refractivity contribution is 7.94. The molecular formula is C13H8N6O7S2. The largest absolute Gasteiger partial charge is 0.295 e. The van der Waals surface area contributed by atoms with E-state index in [0.29, 0.717) is 12.0 Å². The molecule has 0 saturated heterocycles.